The van der Waals surface area contributed by atoms with Crippen molar-refractivity contribution in [2.75, 3.05) is 13.1 Å². The van der Waals surface area contributed by atoms with E-state index < -0.39 is 6.10 Å². The number of hydrogen-bond acceptors (Lipinski definition) is 3. The van der Waals surface area contributed by atoms with Crippen LogP contribution in [0.3, 0.4) is 0 Å². The highest BCUT2D eigenvalue weighted by Crippen LogP contribution is 2.29. The lowest BCUT2D eigenvalue weighted by atomic mass is 10.2. The molecule has 0 saturated carbocycles. The number of morpholine rings is 1. The SMILES string of the molecule is CC1CN(C(=O)C(C)Oc2ccc(Cl)cc2Br)CC(C)O1. The van der Waals surface area contributed by atoms with Gasteiger partial charge in [0.15, 0.2) is 6.10 Å². The first-order chi connectivity index (χ1) is 9.86. The highest BCUT2D eigenvalue weighted by Gasteiger charge is 2.29. The molecule has 0 N–H and O–H groups in total. The van der Waals surface area contributed by atoms with E-state index in [1.807, 2.05) is 13.8 Å². The summed E-state index contributed by atoms with van der Waals surface area (Å²) in [6.45, 7) is 6.89. The Morgan fingerprint density at radius 3 is 2.62 bits per heavy atom. The summed E-state index contributed by atoms with van der Waals surface area (Å²) >= 11 is 9.28. The Morgan fingerprint density at radius 1 is 1.43 bits per heavy atom. The highest BCUT2D eigenvalue weighted by atomic mass is 79.9. The first-order valence-corrected chi connectivity index (χ1v) is 8.10. The van der Waals surface area contributed by atoms with E-state index in [9.17, 15) is 4.79 Å². The molecule has 1 heterocycles. The van der Waals surface area contributed by atoms with Crippen LogP contribution in [0.15, 0.2) is 22.7 Å². The average molecular weight is 377 g/mol. The van der Waals surface area contributed by atoms with Gasteiger partial charge in [0, 0.05) is 18.1 Å². The van der Waals surface area contributed by atoms with Gasteiger partial charge >= 0.3 is 0 Å². The number of carbonyl (C=O) groups excluding carboxylic acids is 1. The largest absolute Gasteiger partial charge is 0.480 e. The van der Waals surface area contributed by atoms with Crippen molar-refractivity contribution in [3.8, 4) is 5.75 Å². The molecule has 2 rings (SSSR count). The van der Waals surface area contributed by atoms with E-state index in [1.165, 1.54) is 0 Å². The minimum absolute atomic E-state index is 0.0288. The molecule has 1 aliphatic heterocycles. The van der Waals surface area contributed by atoms with Crippen LogP contribution < -0.4 is 4.74 Å². The third kappa shape index (κ3) is 4.34. The summed E-state index contributed by atoms with van der Waals surface area (Å²) in [6, 6.07) is 5.23. The van der Waals surface area contributed by atoms with Gasteiger partial charge in [-0.2, -0.15) is 0 Å². The fourth-order valence-electron chi connectivity index (χ4n) is 2.43. The molecular formula is C15H19BrClNO3. The van der Waals surface area contributed by atoms with Crippen LogP contribution in [-0.4, -0.2) is 42.2 Å². The monoisotopic (exact) mass is 375 g/mol. The quantitative estimate of drug-likeness (QED) is 0.810. The van der Waals surface area contributed by atoms with E-state index in [0.29, 0.717) is 23.9 Å². The molecule has 1 saturated heterocycles. The van der Waals surface area contributed by atoms with Gasteiger partial charge in [-0.3, -0.25) is 4.79 Å². The molecule has 0 spiro atoms. The average Bonchev–Trinajstić information content (AvgIpc) is 2.40. The Bertz CT molecular complexity index is 516. The second-order valence-corrected chi connectivity index (χ2v) is 6.63. The molecule has 0 radical (unpaired) electrons. The molecule has 3 unspecified atom stereocenters. The third-order valence-electron chi connectivity index (χ3n) is 3.28. The van der Waals surface area contributed by atoms with Crippen molar-refractivity contribution in [1.29, 1.82) is 0 Å². The van der Waals surface area contributed by atoms with E-state index in [1.54, 1.807) is 30.0 Å². The van der Waals surface area contributed by atoms with Crippen LogP contribution in [-0.2, 0) is 9.53 Å². The second kappa shape index (κ2) is 6.99. The maximum Gasteiger partial charge on any atom is 0.263 e. The molecule has 1 aliphatic rings. The molecule has 21 heavy (non-hydrogen) atoms. The lowest BCUT2D eigenvalue weighted by Gasteiger charge is -2.36. The summed E-state index contributed by atoms with van der Waals surface area (Å²) in [5.74, 6) is 0.577. The Balaban J connectivity index is 2.02. The topological polar surface area (TPSA) is 38.8 Å². The summed E-state index contributed by atoms with van der Waals surface area (Å²) in [5, 5.41) is 0.615. The molecule has 116 valence electrons. The van der Waals surface area contributed by atoms with Gasteiger partial charge in [-0.15, -0.1) is 0 Å². The fraction of sp³-hybridized carbons (Fsp3) is 0.533. The summed E-state index contributed by atoms with van der Waals surface area (Å²) in [7, 11) is 0. The summed E-state index contributed by atoms with van der Waals surface area (Å²) in [5.41, 5.74) is 0. The number of halogens is 2. The second-order valence-electron chi connectivity index (χ2n) is 5.34. The van der Waals surface area contributed by atoms with E-state index in [-0.39, 0.29) is 18.1 Å². The van der Waals surface area contributed by atoms with Crippen LogP contribution in [0.2, 0.25) is 5.02 Å². The molecular weight excluding hydrogens is 358 g/mol. The first-order valence-electron chi connectivity index (χ1n) is 6.92. The molecule has 0 bridgehead atoms. The predicted molar refractivity (Wildman–Crippen MR) is 85.8 cm³/mol. The van der Waals surface area contributed by atoms with E-state index in [2.05, 4.69) is 15.9 Å². The van der Waals surface area contributed by atoms with Crippen molar-refractivity contribution in [3.63, 3.8) is 0 Å². The zero-order valence-electron chi connectivity index (χ0n) is 12.3. The zero-order valence-corrected chi connectivity index (χ0v) is 14.6. The Hall–Kier alpha value is -0.780. The first kappa shape index (κ1) is 16.6. The Morgan fingerprint density at radius 2 is 2.05 bits per heavy atom. The molecule has 1 fully saturated rings. The molecule has 0 aromatic heterocycles. The van der Waals surface area contributed by atoms with Crippen molar-refractivity contribution < 1.29 is 14.3 Å². The third-order valence-corrected chi connectivity index (χ3v) is 4.13. The molecule has 3 atom stereocenters. The molecule has 4 nitrogen and oxygen atoms in total. The minimum Gasteiger partial charge on any atom is -0.480 e. The summed E-state index contributed by atoms with van der Waals surface area (Å²) in [6.07, 6.45) is -0.459. The van der Waals surface area contributed by atoms with Crippen molar-refractivity contribution in [3.05, 3.63) is 27.7 Å². The standard InChI is InChI=1S/C15H19BrClNO3/c1-9-7-18(8-10(2)20-9)15(19)11(3)21-14-5-4-12(17)6-13(14)16/h4-6,9-11H,7-8H2,1-3H3. The molecule has 0 aliphatic carbocycles. The minimum atomic E-state index is -0.556. The summed E-state index contributed by atoms with van der Waals surface area (Å²) < 4.78 is 12.1. The van der Waals surface area contributed by atoms with Crippen LogP contribution in [0.1, 0.15) is 20.8 Å². The van der Waals surface area contributed by atoms with E-state index >= 15 is 0 Å². The molecule has 1 aromatic carbocycles. The van der Waals surface area contributed by atoms with Gasteiger partial charge in [-0.25, -0.2) is 0 Å². The molecule has 1 amide bonds. The number of hydrogen-bond donors (Lipinski definition) is 0. The maximum atomic E-state index is 12.5. The Kier molecular flexibility index (Phi) is 5.52. The van der Waals surface area contributed by atoms with Crippen LogP contribution in [0.4, 0.5) is 0 Å². The maximum absolute atomic E-state index is 12.5. The van der Waals surface area contributed by atoms with Gasteiger partial charge in [0.25, 0.3) is 5.91 Å². The van der Waals surface area contributed by atoms with Crippen molar-refractivity contribution in [2.24, 2.45) is 0 Å². The van der Waals surface area contributed by atoms with Gasteiger partial charge in [0.2, 0.25) is 0 Å². The lowest BCUT2D eigenvalue weighted by molar-refractivity contribution is -0.149. The van der Waals surface area contributed by atoms with Crippen LogP contribution >= 0.6 is 27.5 Å². The number of nitrogens with zero attached hydrogens (tertiary/aromatic N) is 1. The highest BCUT2D eigenvalue weighted by molar-refractivity contribution is 9.10. The number of benzene rings is 1. The predicted octanol–water partition coefficient (Wildman–Crippen LogP) is 3.51. The van der Waals surface area contributed by atoms with Crippen molar-refractivity contribution in [2.45, 2.75) is 39.1 Å². The van der Waals surface area contributed by atoms with Crippen molar-refractivity contribution >= 4 is 33.4 Å². The fourth-order valence-corrected chi connectivity index (χ4v) is 3.20. The number of amides is 1. The molecule has 6 heteroatoms. The van der Waals surface area contributed by atoms with Gasteiger partial charge < -0.3 is 14.4 Å². The number of ether oxygens (including phenoxy) is 2. The van der Waals surface area contributed by atoms with E-state index in [4.69, 9.17) is 21.1 Å². The smallest absolute Gasteiger partial charge is 0.263 e. The number of rotatable bonds is 3. The van der Waals surface area contributed by atoms with Gasteiger partial charge in [-0.1, -0.05) is 11.6 Å². The summed E-state index contributed by atoms with van der Waals surface area (Å²) in [4.78, 5) is 14.3. The van der Waals surface area contributed by atoms with Crippen LogP contribution in [0.5, 0.6) is 5.75 Å². The number of carbonyl (C=O) groups is 1. The van der Waals surface area contributed by atoms with Crippen LogP contribution in [0, 0.1) is 0 Å². The zero-order chi connectivity index (χ0) is 15.6. The van der Waals surface area contributed by atoms with Crippen molar-refractivity contribution in [1.82, 2.24) is 4.90 Å². The normalized spacial score (nSPS) is 23.8. The van der Waals surface area contributed by atoms with Gasteiger partial charge in [0.1, 0.15) is 5.75 Å². The van der Waals surface area contributed by atoms with Gasteiger partial charge in [-0.05, 0) is 54.9 Å². The van der Waals surface area contributed by atoms with Crippen LogP contribution in [0.25, 0.3) is 0 Å². The Labute approximate surface area is 138 Å². The van der Waals surface area contributed by atoms with Gasteiger partial charge in [0.05, 0.1) is 16.7 Å². The molecule has 1 aromatic rings. The lowest BCUT2D eigenvalue weighted by Crippen LogP contribution is -2.51. The van der Waals surface area contributed by atoms with E-state index in [0.717, 1.165) is 4.47 Å².